The molecule has 21 heteroatoms. The molecule has 0 unspecified atom stereocenters. The summed E-state index contributed by atoms with van der Waals surface area (Å²) in [7, 11) is 0. The maximum atomic E-state index is 8.68. The molecule has 0 rings (SSSR count). The van der Waals surface area contributed by atoms with E-state index in [2.05, 4.69) is 0 Å². The average molecular weight is 922 g/mol. The molecule has 0 aromatic heterocycles. The molecule has 21 heavy (non-hydrogen) atoms. The van der Waals surface area contributed by atoms with Crippen LogP contribution in [0.1, 0.15) is 0 Å². The molecule has 0 aliphatic carbocycles. The molecule has 0 spiro atoms. The molecule has 0 saturated carbocycles. The van der Waals surface area contributed by atoms with Crippen LogP contribution in [0.25, 0.3) is 0 Å². The van der Waals surface area contributed by atoms with Crippen molar-refractivity contribution in [1.29, 1.82) is 0 Å². The van der Waals surface area contributed by atoms with Gasteiger partial charge in [-0.3, -0.25) is 0 Å². The zero-order chi connectivity index (χ0) is 17.9. The van der Waals surface area contributed by atoms with E-state index in [0.29, 0.717) is 0 Å². The van der Waals surface area contributed by atoms with Crippen molar-refractivity contribution in [3.63, 3.8) is 0 Å². The van der Waals surface area contributed by atoms with Crippen molar-refractivity contribution in [2.24, 2.45) is 0 Å². The Morgan fingerprint density at radius 2 is 0.333 bits per heavy atom. The van der Waals surface area contributed by atoms with Crippen molar-refractivity contribution in [3.05, 3.63) is 0 Å². The molecular formula is H7CaI5O15. The summed E-state index contributed by atoms with van der Waals surface area (Å²) in [5.74, 6) is 0. The average Bonchev–Trinajstić information content (AvgIpc) is 1.94. The van der Waals surface area contributed by atoms with Crippen LogP contribution >= 0.6 is 0 Å². The molecule has 0 aromatic carbocycles. The molecule has 0 radical (unpaired) electrons. The Bertz CT molecular complexity index is 80.6. The maximum Gasteiger partial charge on any atom is 0.503 e. The molecule has 0 aliphatic heterocycles. The van der Waals surface area contributed by atoms with Gasteiger partial charge >= 0.3 is 143 Å². The van der Waals surface area contributed by atoms with Crippen LogP contribution in [0.3, 0.4) is 0 Å². The zero-order valence-corrected chi connectivity index (χ0v) is 19.0. The van der Waals surface area contributed by atoms with E-state index in [0.717, 1.165) is 0 Å². The van der Waals surface area contributed by atoms with E-state index in [-0.39, 0.29) is 37.7 Å². The predicted molar refractivity (Wildman–Crippen MR) is 19.6 cm³/mol. The fourth-order valence-corrected chi connectivity index (χ4v) is 0. The van der Waals surface area contributed by atoms with Gasteiger partial charge in [-0.05, 0) is 17.2 Å². The van der Waals surface area contributed by atoms with E-state index in [4.69, 9.17) is 51.5 Å². The second-order valence-electron chi connectivity index (χ2n) is 1.01. The first-order valence-corrected chi connectivity index (χ1v) is 16.0. The van der Waals surface area contributed by atoms with Crippen LogP contribution in [-0.4, -0.2) is 54.9 Å². The van der Waals surface area contributed by atoms with Crippen molar-refractivity contribution in [1.82, 2.24) is 0 Å². The van der Waals surface area contributed by atoms with Gasteiger partial charge in [0.05, 0.1) is 0 Å². The summed E-state index contributed by atoms with van der Waals surface area (Å²) >= 11 is -18.8. The number of hydrogen-bond donors (Lipinski definition) is 5. The first kappa shape index (κ1) is 40.1. The third-order valence-electron chi connectivity index (χ3n) is 0. The fraction of sp³-hybridized carbons (Fsp3) is 0. The minimum Gasteiger partial charge on any atom is -0.396 e. The van der Waals surface area contributed by atoms with Gasteiger partial charge in [0.1, 0.15) is 0 Å². The van der Waals surface area contributed by atoms with Crippen molar-refractivity contribution >= 4 is 37.7 Å². The monoisotopic (exact) mass is 921 g/mol. The van der Waals surface area contributed by atoms with Crippen molar-refractivity contribution in [2.75, 3.05) is 0 Å². The molecule has 0 fully saturated rings. The van der Waals surface area contributed by atoms with E-state index in [1.54, 1.807) is 0 Å². The fourth-order valence-electron chi connectivity index (χ4n) is 0. The van der Waals surface area contributed by atoms with Crippen LogP contribution in [0.2, 0.25) is 0 Å². The minimum atomic E-state index is -3.76. The predicted octanol–water partition coefficient (Wildman–Crippen LogP) is -30.6. The standard InChI is InChI=1S/Ca.5HIO3.2H/c;5*2-1(3)4;;/h;5*2H;;. The zero-order valence-electron chi connectivity index (χ0n) is 8.21. The molecule has 0 aliphatic rings. The quantitative estimate of drug-likeness (QED) is 0.111. The minimum absolute atomic E-state index is 0. The summed E-state index contributed by atoms with van der Waals surface area (Å²) in [5, 5.41) is 0. The van der Waals surface area contributed by atoms with Crippen molar-refractivity contribution < 1.29 is 157 Å². The Labute approximate surface area is 190 Å². The summed E-state index contributed by atoms with van der Waals surface area (Å²) in [6, 6.07) is 0. The summed E-state index contributed by atoms with van der Waals surface area (Å²) < 4.78 is 122. The van der Waals surface area contributed by atoms with Crippen LogP contribution in [0.5, 0.6) is 0 Å². The third kappa shape index (κ3) is 651. The van der Waals surface area contributed by atoms with E-state index in [1.165, 1.54) is 0 Å². The van der Waals surface area contributed by atoms with Crippen molar-refractivity contribution in [2.45, 2.75) is 0 Å². The topological polar surface area (TPSA) is 332 Å². The third-order valence-corrected chi connectivity index (χ3v) is 0. The largest absolute Gasteiger partial charge is 0.503 e. The SMILES string of the molecule is [CaH2].[O-][I+2]([O-])O.[O-][I+2]([O-])O.[O-][I+2]([O-])O.[O-][I+2]([O-])O.[O-][I+2]([O-])O. The van der Waals surface area contributed by atoms with Gasteiger partial charge in [-0.2, -0.15) is 0 Å². The summed E-state index contributed by atoms with van der Waals surface area (Å²) in [6.45, 7) is 0. The Hall–Kier alpha value is 4.31. The summed E-state index contributed by atoms with van der Waals surface area (Å²) in [6.07, 6.45) is 0. The van der Waals surface area contributed by atoms with Crippen LogP contribution < -0.4 is 140 Å². The first-order valence-electron chi connectivity index (χ1n) is 2.39. The van der Waals surface area contributed by atoms with Gasteiger partial charge in [-0.15, -0.1) is 0 Å². The Morgan fingerprint density at radius 3 is 0.333 bits per heavy atom. The molecule has 0 heterocycles. The normalized spacial score (nSPS) is 8.57. The van der Waals surface area contributed by atoms with Crippen LogP contribution in [0.4, 0.5) is 0 Å². The molecule has 0 aromatic rings. The van der Waals surface area contributed by atoms with Gasteiger partial charge in [-0.1, -0.05) is 0 Å². The number of hydrogen-bond acceptors (Lipinski definition) is 15. The van der Waals surface area contributed by atoms with Gasteiger partial charge in [0.15, 0.2) is 0 Å². The Balaban J connectivity index is -0.0000000331. The summed E-state index contributed by atoms with van der Waals surface area (Å²) in [5.41, 5.74) is 0. The smallest absolute Gasteiger partial charge is 0.396 e. The Kier molecular flexibility index (Phi) is 67.7. The van der Waals surface area contributed by atoms with E-state index >= 15 is 0 Å². The molecule has 0 atom stereocenters. The number of rotatable bonds is 0. The van der Waals surface area contributed by atoms with Gasteiger partial charge in [0.2, 0.25) is 0 Å². The molecule has 5 N–H and O–H groups in total. The van der Waals surface area contributed by atoms with Gasteiger partial charge in [0.25, 0.3) is 0 Å². The van der Waals surface area contributed by atoms with Gasteiger partial charge in [-0.25, -0.2) is 0 Å². The molecule has 0 saturated heterocycles. The molecule has 134 valence electrons. The maximum absolute atomic E-state index is 8.68. The van der Waals surface area contributed by atoms with Crippen LogP contribution in [0, 0.1) is 0 Å². The van der Waals surface area contributed by atoms with E-state index in [1.807, 2.05) is 0 Å². The van der Waals surface area contributed by atoms with Crippen LogP contribution in [-0.2, 0) is 0 Å². The molecular weight excluding hydrogens is 915 g/mol. The molecule has 0 bridgehead atoms. The van der Waals surface area contributed by atoms with E-state index in [9.17, 15) is 0 Å². The number of halogens is 5. The molecule has 15 nitrogen and oxygen atoms in total. The molecule has 0 amide bonds. The second kappa shape index (κ2) is 35.4. The first-order chi connectivity index (χ1) is 8.66. The Morgan fingerprint density at radius 1 is 0.333 bits per heavy atom. The summed E-state index contributed by atoms with van der Waals surface area (Å²) in [4.78, 5) is 0. The van der Waals surface area contributed by atoms with Crippen LogP contribution in [0.15, 0.2) is 0 Å². The van der Waals surface area contributed by atoms with Gasteiger partial charge < -0.3 is 34.4 Å². The second-order valence-corrected chi connectivity index (χ2v) is 6.74. The van der Waals surface area contributed by atoms with Gasteiger partial charge in [0, 0.05) is 0 Å². The van der Waals surface area contributed by atoms with E-state index < -0.39 is 105 Å². The van der Waals surface area contributed by atoms with Crippen molar-refractivity contribution in [3.8, 4) is 0 Å².